The summed E-state index contributed by atoms with van der Waals surface area (Å²) >= 11 is 0. The quantitative estimate of drug-likeness (QED) is 0.183. The zero-order valence-electron chi connectivity index (χ0n) is 29.2. The Hall–Kier alpha value is -3.98. The van der Waals surface area contributed by atoms with Crippen LogP contribution < -0.4 is 0 Å². The van der Waals surface area contributed by atoms with E-state index < -0.39 is 52.0 Å². The summed E-state index contributed by atoms with van der Waals surface area (Å²) in [5.74, 6) is -1.63. The molecule has 1 aliphatic heterocycles. The second-order valence-electron chi connectivity index (χ2n) is 15.1. The number of fused-ring (bicyclic) bond motifs is 5. The number of ether oxygens (including phenoxy) is 2. The van der Waals surface area contributed by atoms with Crippen LogP contribution in [0.15, 0.2) is 48.1 Å². The first-order chi connectivity index (χ1) is 24.2. The number of piperazine rings is 1. The Balaban J connectivity index is 0.929. The van der Waals surface area contributed by atoms with Crippen LogP contribution in [0.3, 0.4) is 0 Å². The fourth-order valence-electron chi connectivity index (χ4n) is 9.67. The van der Waals surface area contributed by atoms with Gasteiger partial charge in [-0.3, -0.25) is 24.2 Å². The first-order valence-electron chi connectivity index (χ1n) is 17.8. The molecule has 0 bridgehead atoms. The van der Waals surface area contributed by atoms with Gasteiger partial charge in [-0.15, -0.1) is 10.1 Å². The Kier molecular flexibility index (Phi) is 10.5. The van der Waals surface area contributed by atoms with E-state index in [9.17, 15) is 39.5 Å². The fourth-order valence-corrected chi connectivity index (χ4v) is 9.67. The molecule has 14 heteroatoms. The average Bonchev–Trinajstić information content (AvgIpc) is 3.37. The summed E-state index contributed by atoms with van der Waals surface area (Å²) in [5.41, 5.74) is -1.10. The van der Waals surface area contributed by atoms with E-state index >= 15 is 0 Å². The second-order valence-corrected chi connectivity index (χ2v) is 15.1. The molecule has 4 aliphatic carbocycles. The van der Waals surface area contributed by atoms with Gasteiger partial charge in [0, 0.05) is 49.5 Å². The van der Waals surface area contributed by atoms with Crippen LogP contribution in [0.2, 0.25) is 0 Å². The number of esters is 2. The predicted molar refractivity (Wildman–Crippen MR) is 180 cm³/mol. The molecule has 0 amide bonds. The lowest BCUT2D eigenvalue weighted by molar-refractivity contribution is -0.763. The van der Waals surface area contributed by atoms with Gasteiger partial charge in [-0.25, -0.2) is 4.79 Å². The van der Waals surface area contributed by atoms with E-state index in [0.29, 0.717) is 50.3 Å². The maximum atomic E-state index is 13.6. The number of nitrogens with zero attached hydrogens (tertiary/aromatic N) is 3. The number of aliphatic hydroxyl groups is 2. The van der Waals surface area contributed by atoms with Gasteiger partial charge in [0.1, 0.15) is 18.8 Å². The van der Waals surface area contributed by atoms with Crippen LogP contribution in [0.1, 0.15) is 61.9 Å². The van der Waals surface area contributed by atoms with E-state index in [1.165, 1.54) is 12.1 Å². The summed E-state index contributed by atoms with van der Waals surface area (Å²) in [4.78, 5) is 69.6. The van der Waals surface area contributed by atoms with Crippen molar-refractivity contribution in [2.24, 2.45) is 28.6 Å². The fraction of sp³-hybridized carbons (Fsp3) is 0.622. The summed E-state index contributed by atoms with van der Waals surface area (Å²) in [7, 11) is 0. The van der Waals surface area contributed by atoms with Gasteiger partial charge in [-0.05, 0) is 73.8 Å². The highest BCUT2D eigenvalue weighted by Crippen LogP contribution is 2.67. The van der Waals surface area contributed by atoms with E-state index in [4.69, 9.17) is 9.47 Å². The SMILES string of the molecule is C[C@]12C=CC(=O)C=C1CCC1C2[C@@H](O)C[C@@]2(C)C1CC[C@]2(O)C(=O)COC(=O)CN1CCN(CCOC(=O)c2ccc(CO[N+](=O)[O-])cc2)CC1. The monoisotopic (exact) mass is 709 g/mol. The average molecular weight is 710 g/mol. The number of benzene rings is 1. The van der Waals surface area contributed by atoms with Gasteiger partial charge in [0.15, 0.2) is 12.4 Å². The minimum atomic E-state index is -1.72. The highest BCUT2D eigenvalue weighted by atomic mass is 16.9. The first kappa shape index (κ1) is 36.8. The number of hydrogen-bond acceptors (Lipinski definition) is 13. The van der Waals surface area contributed by atoms with E-state index in [1.807, 2.05) is 17.9 Å². The molecule has 1 aromatic rings. The van der Waals surface area contributed by atoms with Crippen molar-refractivity contribution in [1.29, 1.82) is 0 Å². The molecular formula is C37H47N3O11. The largest absolute Gasteiger partial charge is 0.461 e. The maximum absolute atomic E-state index is 13.6. The molecule has 7 atom stereocenters. The second kappa shape index (κ2) is 14.6. The predicted octanol–water partition coefficient (Wildman–Crippen LogP) is 2.29. The lowest BCUT2D eigenvalue weighted by atomic mass is 9.46. The smallest absolute Gasteiger partial charge is 0.338 e. The van der Waals surface area contributed by atoms with Crippen molar-refractivity contribution in [2.75, 3.05) is 52.5 Å². The number of hydrogen-bond donors (Lipinski definition) is 2. The number of aliphatic hydroxyl groups excluding tert-OH is 1. The Bertz CT molecular complexity index is 1600. The third-order valence-electron chi connectivity index (χ3n) is 12.5. The van der Waals surface area contributed by atoms with Crippen LogP contribution in [0.25, 0.3) is 0 Å². The van der Waals surface area contributed by atoms with Crippen LogP contribution in [0.4, 0.5) is 0 Å². The van der Waals surface area contributed by atoms with Gasteiger partial charge < -0.3 is 24.5 Å². The lowest BCUT2D eigenvalue weighted by Gasteiger charge is -2.59. The van der Waals surface area contributed by atoms with Gasteiger partial charge in [0.2, 0.25) is 5.78 Å². The molecular weight excluding hydrogens is 662 g/mol. The summed E-state index contributed by atoms with van der Waals surface area (Å²) in [6.45, 7) is 6.37. The van der Waals surface area contributed by atoms with E-state index in [1.54, 1.807) is 24.3 Å². The number of Topliss-reactive ketones (excluding diaryl/α,β-unsaturated/α-hetero) is 1. The van der Waals surface area contributed by atoms with Crippen molar-refractivity contribution in [3.63, 3.8) is 0 Å². The summed E-state index contributed by atoms with van der Waals surface area (Å²) in [6.07, 6.45) is 7.11. The van der Waals surface area contributed by atoms with E-state index in [-0.39, 0.29) is 56.1 Å². The van der Waals surface area contributed by atoms with E-state index in [2.05, 4.69) is 16.7 Å². The maximum Gasteiger partial charge on any atom is 0.338 e. The molecule has 2 N–H and O–H groups in total. The first-order valence-corrected chi connectivity index (χ1v) is 17.8. The number of ketones is 2. The minimum Gasteiger partial charge on any atom is -0.461 e. The molecule has 3 saturated carbocycles. The van der Waals surface area contributed by atoms with Crippen molar-refractivity contribution in [2.45, 2.75) is 64.3 Å². The summed E-state index contributed by atoms with van der Waals surface area (Å²) in [5, 5.41) is 33.0. The van der Waals surface area contributed by atoms with Gasteiger partial charge in [-0.1, -0.05) is 37.6 Å². The summed E-state index contributed by atoms with van der Waals surface area (Å²) in [6, 6.07) is 6.17. The van der Waals surface area contributed by atoms with Gasteiger partial charge in [0.05, 0.1) is 18.2 Å². The summed E-state index contributed by atoms with van der Waals surface area (Å²) < 4.78 is 10.8. The molecule has 1 saturated heterocycles. The zero-order chi connectivity index (χ0) is 36.6. The molecule has 0 spiro atoms. The van der Waals surface area contributed by atoms with Crippen molar-refractivity contribution >= 4 is 23.5 Å². The molecule has 1 aromatic carbocycles. The van der Waals surface area contributed by atoms with Crippen LogP contribution in [0.5, 0.6) is 0 Å². The van der Waals surface area contributed by atoms with Gasteiger partial charge >= 0.3 is 11.9 Å². The molecule has 4 fully saturated rings. The van der Waals surface area contributed by atoms with Crippen LogP contribution >= 0.6 is 0 Å². The molecule has 6 rings (SSSR count). The Morgan fingerprint density at radius 1 is 1.04 bits per heavy atom. The van der Waals surface area contributed by atoms with Crippen LogP contribution in [-0.4, -0.2) is 113 Å². The van der Waals surface area contributed by atoms with E-state index in [0.717, 1.165) is 18.4 Å². The standard InChI is InChI=1S/C37H47N3O11/c1-35-11-9-27(41)19-26(35)7-8-28-29-10-12-37(46,36(29,2)20-30(42)33(28)35)31(43)23-50-32(44)21-39-15-13-38(14-16-39)17-18-49-34(45)25-5-3-24(4-6-25)22-51-40(47)48/h3-6,9,11,19,28-30,33,42,46H,7-8,10,12-18,20-23H2,1-2H3/t28?,29?,30-,33?,35-,36-,37-/m0/s1. The van der Waals surface area contributed by atoms with Crippen molar-refractivity contribution in [3.8, 4) is 0 Å². The van der Waals surface area contributed by atoms with Crippen molar-refractivity contribution in [1.82, 2.24) is 9.80 Å². The Labute approximate surface area is 296 Å². The molecule has 0 aromatic heterocycles. The number of carbonyl (C=O) groups excluding carboxylic acids is 4. The highest BCUT2D eigenvalue weighted by molar-refractivity contribution is 6.01. The molecule has 276 valence electrons. The number of carbonyl (C=O) groups is 4. The molecule has 14 nitrogen and oxygen atoms in total. The third-order valence-corrected chi connectivity index (χ3v) is 12.5. The number of rotatable bonds is 12. The topological polar surface area (TPSA) is 186 Å². The Morgan fingerprint density at radius 2 is 1.75 bits per heavy atom. The highest BCUT2D eigenvalue weighted by Gasteiger charge is 2.68. The molecule has 1 heterocycles. The normalized spacial score (nSPS) is 33.3. The molecule has 3 unspecified atom stereocenters. The Morgan fingerprint density at radius 3 is 2.45 bits per heavy atom. The minimum absolute atomic E-state index is 0.00402. The molecule has 51 heavy (non-hydrogen) atoms. The van der Waals surface area contributed by atoms with Crippen molar-refractivity contribution in [3.05, 3.63) is 69.3 Å². The molecule has 5 aliphatic rings. The van der Waals surface area contributed by atoms with Gasteiger partial charge in [-0.2, -0.15) is 0 Å². The van der Waals surface area contributed by atoms with Crippen LogP contribution in [-0.2, 0) is 35.3 Å². The van der Waals surface area contributed by atoms with Crippen LogP contribution in [0, 0.1) is 38.7 Å². The zero-order valence-corrected chi connectivity index (χ0v) is 29.2. The lowest BCUT2D eigenvalue weighted by Crippen LogP contribution is -2.61. The third kappa shape index (κ3) is 7.24. The van der Waals surface area contributed by atoms with Crippen molar-refractivity contribution < 1.29 is 48.8 Å². The number of allylic oxidation sites excluding steroid dienone is 4. The van der Waals surface area contributed by atoms with Gasteiger partial charge in [0.25, 0.3) is 5.09 Å². The molecule has 0 radical (unpaired) electrons.